The Morgan fingerprint density at radius 3 is 2.95 bits per heavy atom. The van der Waals surface area contributed by atoms with Crippen LogP contribution < -0.4 is 10.1 Å². The maximum Gasteiger partial charge on any atom is 0.224 e. The molecule has 0 bridgehead atoms. The zero-order valence-corrected chi connectivity index (χ0v) is 14.1. The zero-order chi connectivity index (χ0) is 16.1. The van der Waals surface area contributed by atoms with Gasteiger partial charge in [0, 0.05) is 37.0 Å². The van der Waals surface area contributed by atoms with E-state index in [-0.39, 0.29) is 11.8 Å². The molecule has 0 aromatic carbocycles. The first kappa shape index (κ1) is 16.7. The van der Waals surface area contributed by atoms with E-state index >= 15 is 0 Å². The lowest BCUT2D eigenvalue weighted by atomic mass is 9.96. The van der Waals surface area contributed by atoms with Crippen molar-refractivity contribution in [1.29, 1.82) is 0 Å². The van der Waals surface area contributed by atoms with Crippen LogP contribution in [0.3, 0.4) is 0 Å². The van der Waals surface area contributed by atoms with Gasteiger partial charge in [0.2, 0.25) is 5.91 Å². The van der Waals surface area contributed by atoms with Crippen LogP contribution in [0, 0.1) is 19.8 Å². The second-order valence-corrected chi connectivity index (χ2v) is 6.02. The molecule has 2 rings (SSSR count). The van der Waals surface area contributed by atoms with E-state index in [4.69, 9.17) is 4.74 Å². The second-order valence-electron chi connectivity index (χ2n) is 6.02. The molecule has 2 heterocycles. The fourth-order valence-corrected chi connectivity index (χ4v) is 3.17. The smallest absolute Gasteiger partial charge is 0.224 e. The number of aryl methyl sites for hydroxylation is 1. The van der Waals surface area contributed by atoms with Crippen molar-refractivity contribution in [1.82, 2.24) is 15.2 Å². The Hall–Kier alpha value is -1.62. The van der Waals surface area contributed by atoms with Crippen LogP contribution in [0.1, 0.15) is 36.6 Å². The summed E-state index contributed by atoms with van der Waals surface area (Å²) >= 11 is 0. The van der Waals surface area contributed by atoms with Crippen molar-refractivity contribution < 1.29 is 9.53 Å². The van der Waals surface area contributed by atoms with Crippen molar-refractivity contribution in [3.8, 4) is 5.75 Å². The molecule has 0 saturated carbocycles. The van der Waals surface area contributed by atoms with Crippen molar-refractivity contribution >= 4 is 5.91 Å². The van der Waals surface area contributed by atoms with Gasteiger partial charge < -0.3 is 10.1 Å². The molecular weight excluding hydrogens is 278 g/mol. The predicted molar refractivity (Wildman–Crippen MR) is 86.9 cm³/mol. The fourth-order valence-electron chi connectivity index (χ4n) is 3.17. The van der Waals surface area contributed by atoms with E-state index in [9.17, 15) is 4.79 Å². The Labute approximate surface area is 133 Å². The highest BCUT2D eigenvalue weighted by molar-refractivity contribution is 5.78. The average molecular weight is 305 g/mol. The van der Waals surface area contributed by atoms with Gasteiger partial charge in [0.25, 0.3) is 0 Å². The van der Waals surface area contributed by atoms with E-state index in [2.05, 4.69) is 22.1 Å². The molecule has 0 spiro atoms. The number of rotatable bonds is 5. The molecule has 0 radical (unpaired) electrons. The average Bonchev–Trinajstić information content (AvgIpc) is 2.51. The number of likely N-dealkylation sites (tertiary alicyclic amines) is 1. The summed E-state index contributed by atoms with van der Waals surface area (Å²) in [5.41, 5.74) is 3.20. The molecule has 122 valence electrons. The molecule has 1 fully saturated rings. The third-order valence-corrected chi connectivity index (χ3v) is 4.35. The van der Waals surface area contributed by atoms with Gasteiger partial charge in [0.15, 0.2) is 0 Å². The van der Waals surface area contributed by atoms with Gasteiger partial charge in [-0.1, -0.05) is 0 Å². The van der Waals surface area contributed by atoms with Crippen LogP contribution in [0.15, 0.2) is 6.20 Å². The molecule has 22 heavy (non-hydrogen) atoms. The summed E-state index contributed by atoms with van der Waals surface area (Å²) in [4.78, 5) is 18.9. The number of amides is 1. The molecule has 1 aliphatic rings. The monoisotopic (exact) mass is 305 g/mol. The SMILES string of the molecule is CCNC(=O)[C@@H]1CCCN(Cc2ncc(C)c(OC)c2C)C1. The third kappa shape index (κ3) is 3.77. The summed E-state index contributed by atoms with van der Waals surface area (Å²) in [5.74, 6) is 1.20. The molecule has 1 aromatic rings. The molecule has 1 aromatic heterocycles. The second kappa shape index (κ2) is 7.58. The number of carbonyl (C=O) groups is 1. The maximum atomic E-state index is 12.0. The number of hydrogen-bond acceptors (Lipinski definition) is 4. The van der Waals surface area contributed by atoms with Gasteiger partial charge in [-0.05, 0) is 40.2 Å². The van der Waals surface area contributed by atoms with Crippen molar-refractivity contribution in [2.24, 2.45) is 5.92 Å². The lowest BCUT2D eigenvalue weighted by Crippen LogP contribution is -2.42. The number of pyridine rings is 1. The molecular formula is C17H27N3O2. The molecule has 1 aliphatic heterocycles. The standard InChI is InChI=1S/C17H27N3O2/c1-5-18-17(21)14-7-6-8-20(10-14)11-15-13(3)16(22-4)12(2)9-19-15/h9,14H,5-8,10-11H2,1-4H3,(H,18,21)/t14-/m1/s1. The summed E-state index contributed by atoms with van der Waals surface area (Å²) in [6.45, 7) is 9.33. The summed E-state index contributed by atoms with van der Waals surface area (Å²) in [6, 6.07) is 0. The van der Waals surface area contributed by atoms with Gasteiger partial charge in [-0.2, -0.15) is 0 Å². The first-order valence-electron chi connectivity index (χ1n) is 8.06. The topological polar surface area (TPSA) is 54.5 Å². The third-order valence-electron chi connectivity index (χ3n) is 4.35. The minimum Gasteiger partial charge on any atom is -0.496 e. The van der Waals surface area contributed by atoms with Crippen molar-refractivity contribution in [3.05, 3.63) is 23.0 Å². The minimum atomic E-state index is 0.0985. The van der Waals surface area contributed by atoms with E-state index in [0.717, 1.165) is 55.0 Å². The van der Waals surface area contributed by atoms with Crippen molar-refractivity contribution in [3.63, 3.8) is 0 Å². The molecule has 0 unspecified atom stereocenters. The lowest BCUT2D eigenvalue weighted by molar-refractivity contribution is -0.126. The van der Waals surface area contributed by atoms with Crippen LogP contribution in [-0.4, -0.2) is 42.5 Å². The Morgan fingerprint density at radius 2 is 2.27 bits per heavy atom. The summed E-state index contributed by atoms with van der Waals surface area (Å²) in [7, 11) is 1.70. The van der Waals surface area contributed by atoms with Crippen LogP contribution in [0.25, 0.3) is 0 Å². The van der Waals surface area contributed by atoms with E-state index in [0.29, 0.717) is 6.54 Å². The Kier molecular flexibility index (Phi) is 5.77. The summed E-state index contributed by atoms with van der Waals surface area (Å²) in [5, 5.41) is 2.94. The van der Waals surface area contributed by atoms with Gasteiger partial charge in [0.1, 0.15) is 5.75 Å². The highest BCUT2D eigenvalue weighted by Crippen LogP contribution is 2.26. The Balaban J connectivity index is 2.06. The molecule has 1 atom stereocenters. The quantitative estimate of drug-likeness (QED) is 0.904. The van der Waals surface area contributed by atoms with Gasteiger partial charge in [0.05, 0.1) is 18.7 Å². The molecule has 5 heteroatoms. The predicted octanol–water partition coefficient (Wildman–Crippen LogP) is 2.06. The number of carbonyl (C=O) groups excluding carboxylic acids is 1. The zero-order valence-electron chi connectivity index (χ0n) is 14.1. The number of hydrogen-bond donors (Lipinski definition) is 1. The van der Waals surface area contributed by atoms with E-state index in [1.165, 1.54) is 0 Å². The maximum absolute atomic E-state index is 12.0. The number of methoxy groups -OCH3 is 1. The molecule has 1 saturated heterocycles. The summed E-state index contributed by atoms with van der Waals surface area (Å²) < 4.78 is 5.47. The first-order valence-corrected chi connectivity index (χ1v) is 8.06. The van der Waals surface area contributed by atoms with Gasteiger partial charge in [-0.15, -0.1) is 0 Å². The summed E-state index contributed by atoms with van der Waals surface area (Å²) in [6.07, 6.45) is 3.90. The molecule has 1 N–H and O–H groups in total. The van der Waals surface area contributed by atoms with Crippen LogP contribution >= 0.6 is 0 Å². The van der Waals surface area contributed by atoms with Crippen LogP contribution in [0.2, 0.25) is 0 Å². The first-order chi connectivity index (χ1) is 10.6. The highest BCUT2D eigenvalue weighted by atomic mass is 16.5. The number of piperidine rings is 1. The Bertz CT molecular complexity index is 531. The molecule has 0 aliphatic carbocycles. The number of nitrogens with zero attached hydrogens (tertiary/aromatic N) is 2. The van der Waals surface area contributed by atoms with E-state index in [1.807, 2.05) is 20.0 Å². The van der Waals surface area contributed by atoms with Crippen LogP contribution in [0.5, 0.6) is 5.75 Å². The normalized spacial score (nSPS) is 19.0. The van der Waals surface area contributed by atoms with E-state index in [1.54, 1.807) is 7.11 Å². The number of aromatic nitrogens is 1. The largest absolute Gasteiger partial charge is 0.496 e. The highest BCUT2D eigenvalue weighted by Gasteiger charge is 2.26. The number of nitrogens with one attached hydrogen (secondary N) is 1. The van der Waals surface area contributed by atoms with Crippen LogP contribution in [-0.2, 0) is 11.3 Å². The van der Waals surface area contributed by atoms with Gasteiger partial charge in [-0.3, -0.25) is 14.7 Å². The lowest BCUT2D eigenvalue weighted by Gasteiger charge is -2.32. The van der Waals surface area contributed by atoms with Crippen molar-refractivity contribution in [2.45, 2.75) is 40.2 Å². The van der Waals surface area contributed by atoms with Crippen molar-refractivity contribution in [2.75, 3.05) is 26.7 Å². The Morgan fingerprint density at radius 1 is 1.50 bits per heavy atom. The van der Waals surface area contributed by atoms with Gasteiger partial charge in [-0.25, -0.2) is 0 Å². The molecule has 5 nitrogen and oxygen atoms in total. The molecule has 1 amide bonds. The van der Waals surface area contributed by atoms with E-state index < -0.39 is 0 Å². The minimum absolute atomic E-state index is 0.0985. The number of ether oxygens (including phenoxy) is 1. The van der Waals surface area contributed by atoms with Gasteiger partial charge >= 0.3 is 0 Å². The fraction of sp³-hybridized carbons (Fsp3) is 0.647. The van der Waals surface area contributed by atoms with Crippen LogP contribution in [0.4, 0.5) is 0 Å².